The fourth-order valence-corrected chi connectivity index (χ4v) is 3.23. The Bertz CT molecular complexity index is 840. The van der Waals surface area contributed by atoms with Crippen molar-refractivity contribution >= 4 is 5.91 Å². The normalized spacial score (nSPS) is 17.3. The molecular weight excluding hydrogens is 314 g/mol. The fourth-order valence-electron chi connectivity index (χ4n) is 3.23. The number of nitrogens with one attached hydrogen (secondary N) is 1. The molecule has 1 aromatic heterocycles. The topological polar surface area (TPSA) is 68.0 Å². The van der Waals surface area contributed by atoms with Crippen LogP contribution in [0.5, 0.6) is 0 Å². The number of hydrogen-bond acceptors (Lipinski definition) is 4. The minimum Gasteiger partial charge on any atom is -0.428 e. The Hall–Kier alpha value is -2.95. The number of carbonyl (C=O) groups is 1. The molecule has 1 atom stereocenters. The van der Waals surface area contributed by atoms with Crippen LogP contribution in [0, 0.1) is 0 Å². The Morgan fingerprint density at radius 3 is 2.40 bits per heavy atom. The molecule has 1 aliphatic heterocycles. The van der Waals surface area contributed by atoms with Gasteiger partial charge in [0.15, 0.2) is 0 Å². The zero-order valence-corrected chi connectivity index (χ0v) is 13.8. The van der Waals surface area contributed by atoms with Gasteiger partial charge in [0, 0.05) is 6.42 Å². The third-order valence-corrected chi connectivity index (χ3v) is 4.59. The van der Waals surface area contributed by atoms with Gasteiger partial charge in [-0.05, 0) is 35.1 Å². The van der Waals surface area contributed by atoms with E-state index >= 15 is 0 Å². The standard InChI is InChI=1S/C20H19N3O2/c24-19-3-1-2-18(22-19)17-10-8-16(9-11-17)15-6-4-14(5-7-15)12-20-23-21-13-25-20/h4-11,13,18H,1-3,12H2,(H,22,24). The zero-order valence-electron chi connectivity index (χ0n) is 13.8. The molecule has 5 heteroatoms. The quantitative estimate of drug-likeness (QED) is 0.791. The summed E-state index contributed by atoms with van der Waals surface area (Å²) < 4.78 is 5.18. The lowest BCUT2D eigenvalue weighted by molar-refractivity contribution is -0.123. The number of carbonyl (C=O) groups excluding carboxylic acids is 1. The molecule has 4 rings (SSSR count). The second-order valence-electron chi connectivity index (χ2n) is 6.34. The van der Waals surface area contributed by atoms with E-state index in [1.165, 1.54) is 12.0 Å². The van der Waals surface area contributed by atoms with E-state index in [9.17, 15) is 4.79 Å². The second-order valence-corrected chi connectivity index (χ2v) is 6.34. The lowest BCUT2D eigenvalue weighted by Gasteiger charge is -2.23. The first kappa shape index (κ1) is 15.6. The molecule has 0 aliphatic carbocycles. The molecule has 126 valence electrons. The van der Waals surface area contributed by atoms with E-state index < -0.39 is 0 Å². The van der Waals surface area contributed by atoms with Crippen molar-refractivity contribution in [1.82, 2.24) is 15.5 Å². The van der Waals surface area contributed by atoms with E-state index in [1.54, 1.807) is 0 Å². The summed E-state index contributed by atoms with van der Waals surface area (Å²) in [6.45, 7) is 0. The molecule has 0 saturated carbocycles. The van der Waals surface area contributed by atoms with Crippen molar-refractivity contribution < 1.29 is 9.21 Å². The summed E-state index contributed by atoms with van der Waals surface area (Å²) in [4.78, 5) is 11.6. The molecule has 2 aromatic carbocycles. The maximum Gasteiger partial charge on any atom is 0.220 e. The van der Waals surface area contributed by atoms with Crippen molar-refractivity contribution in [1.29, 1.82) is 0 Å². The Morgan fingerprint density at radius 1 is 1.04 bits per heavy atom. The molecule has 1 fully saturated rings. The molecule has 0 radical (unpaired) electrons. The summed E-state index contributed by atoms with van der Waals surface area (Å²) in [7, 11) is 0. The van der Waals surface area contributed by atoms with Crippen LogP contribution in [0.25, 0.3) is 11.1 Å². The van der Waals surface area contributed by atoms with Crippen molar-refractivity contribution in [2.75, 3.05) is 0 Å². The van der Waals surface area contributed by atoms with E-state index in [-0.39, 0.29) is 11.9 Å². The van der Waals surface area contributed by atoms with E-state index in [2.05, 4.69) is 64.0 Å². The molecular formula is C20H19N3O2. The molecule has 0 spiro atoms. The predicted octanol–water partition coefficient (Wildman–Crippen LogP) is 3.67. The van der Waals surface area contributed by atoms with Crippen LogP contribution >= 0.6 is 0 Å². The summed E-state index contributed by atoms with van der Waals surface area (Å²) in [5.41, 5.74) is 4.63. The Morgan fingerprint density at radius 2 is 1.76 bits per heavy atom. The van der Waals surface area contributed by atoms with Gasteiger partial charge in [-0.25, -0.2) is 0 Å². The minimum atomic E-state index is 0.145. The summed E-state index contributed by atoms with van der Waals surface area (Å²) >= 11 is 0. The Balaban J connectivity index is 1.47. The number of amides is 1. The molecule has 3 aromatic rings. The molecule has 1 unspecified atom stereocenters. The first-order valence-electron chi connectivity index (χ1n) is 8.51. The van der Waals surface area contributed by atoms with Crippen LogP contribution < -0.4 is 5.32 Å². The predicted molar refractivity (Wildman–Crippen MR) is 93.7 cm³/mol. The third-order valence-electron chi connectivity index (χ3n) is 4.59. The molecule has 2 heterocycles. The van der Waals surface area contributed by atoms with Crippen LogP contribution in [0.1, 0.15) is 42.3 Å². The van der Waals surface area contributed by atoms with E-state index in [0.29, 0.717) is 18.7 Å². The zero-order chi connectivity index (χ0) is 17.1. The number of piperidine rings is 1. The fraction of sp³-hybridized carbons (Fsp3) is 0.250. The van der Waals surface area contributed by atoms with Crippen LogP contribution in [0.3, 0.4) is 0 Å². The molecule has 1 N–H and O–H groups in total. The van der Waals surface area contributed by atoms with Gasteiger partial charge in [-0.15, -0.1) is 10.2 Å². The van der Waals surface area contributed by atoms with Gasteiger partial charge in [-0.3, -0.25) is 4.79 Å². The minimum absolute atomic E-state index is 0.145. The van der Waals surface area contributed by atoms with Crippen molar-refractivity contribution in [3.8, 4) is 11.1 Å². The first-order valence-corrected chi connectivity index (χ1v) is 8.51. The van der Waals surface area contributed by atoms with Gasteiger partial charge in [0.05, 0.1) is 12.5 Å². The lowest BCUT2D eigenvalue weighted by Crippen LogP contribution is -2.32. The van der Waals surface area contributed by atoms with Gasteiger partial charge >= 0.3 is 0 Å². The van der Waals surface area contributed by atoms with Crippen LogP contribution in [0.4, 0.5) is 0 Å². The molecule has 1 aliphatic rings. The van der Waals surface area contributed by atoms with Gasteiger partial charge in [0.1, 0.15) is 0 Å². The highest BCUT2D eigenvalue weighted by atomic mass is 16.4. The number of nitrogens with zero attached hydrogens (tertiary/aromatic N) is 2. The van der Waals surface area contributed by atoms with Crippen LogP contribution in [0.15, 0.2) is 59.3 Å². The van der Waals surface area contributed by atoms with E-state index in [1.807, 2.05) is 0 Å². The van der Waals surface area contributed by atoms with Crippen molar-refractivity contribution in [2.24, 2.45) is 0 Å². The molecule has 1 saturated heterocycles. The second kappa shape index (κ2) is 6.89. The maximum atomic E-state index is 11.6. The lowest BCUT2D eigenvalue weighted by atomic mass is 9.95. The van der Waals surface area contributed by atoms with Crippen LogP contribution in [0.2, 0.25) is 0 Å². The third kappa shape index (κ3) is 3.60. The van der Waals surface area contributed by atoms with Gasteiger partial charge in [-0.1, -0.05) is 48.5 Å². The summed E-state index contributed by atoms with van der Waals surface area (Å²) in [5, 5.41) is 10.7. The van der Waals surface area contributed by atoms with Gasteiger partial charge < -0.3 is 9.73 Å². The van der Waals surface area contributed by atoms with Gasteiger partial charge in [0.2, 0.25) is 18.2 Å². The summed E-state index contributed by atoms with van der Waals surface area (Å²) in [6, 6.07) is 16.9. The van der Waals surface area contributed by atoms with Crippen LogP contribution in [-0.2, 0) is 11.2 Å². The summed E-state index contributed by atoms with van der Waals surface area (Å²) in [5.74, 6) is 0.767. The van der Waals surface area contributed by atoms with Crippen molar-refractivity contribution in [3.05, 3.63) is 71.9 Å². The highest BCUT2D eigenvalue weighted by Gasteiger charge is 2.19. The SMILES string of the molecule is O=C1CCCC(c2ccc(-c3ccc(Cc4nnco4)cc3)cc2)N1. The average Bonchev–Trinajstić information content (AvgIpc) is 3.16. The number of aromatic nitrogens is 2. The highest BCUT2D eigenvalue weighted by Crippen LogP contribution is 2.27. The smallest absolute Gasteiger partial charge is 0.220 e. The molecule has 0 bridgehead atoms. The maximum absolute atomic E-state index is 11.6. The van der Waals surface area contributed by atoms with Crippen molar-refractivity contribution in [3.63, 3.8) is 0 Å². The van der Waals surface area contributed by atoms with Crippen LogP contribution in [-0.4, -0.2) is 16.1 Å². The molecule has 1 amide bonds. The van der Waals surface area contributed by atoms with Crippen molar-refractivity contribution in [2.45, 2.75) is 31.7 Å². The monoisotopic (exact) mass is 333 g/mol. The first-order chi connectivity index (χ1) is 12.3. The Labute approximate surface area is 146 Å². The number of hydrogen-bond donors (Lipinski definition) is 1. The Kier molecular flexibility index (Phi) is 4.29. The largest absolute Gasteiger partial charge is 0.428 e. The van der Waals surface area contributed by atoms with E-state index in [4.69, 9.17) is 4.42 Å². The number of rotatable bonds is 4. The van der Waals surface area contributed by atoms with Gasteiger partial charge in [-0.2, -0.15) is 0 Å². The molecule has 5 nitrogen and oxygen atoms in total. The van der Waals surface area contributed by atoms with E-state index in [0.717, 1.165) is 29.5 Å². The highest BCUT2D eigenvalue weighted by molar-refractivity contribution is 5.77. The summed E-state index contributed by atoms with van der Waals surface area (Å²) in [6.07, 6.45) is 4.60. The van der Waals surface area contributed by atoms with Gasteiger partial charge in [0.25, 0.3) is 0 Å². The number of benzene rings is 2. The average molecular weight is 333 g/mol. The molecule has 25 heavy (non-hydrogen) atoms.